The Kier molecular flexibility index (Phi) is 6.07. The topological polar surface area (TPSA) is 66.4 Å². The lowest BCUT2D eigenvalue weighted by molar-refractivity contribution is 0.0963. The number of aliphatic imine (C=N–C) groups is 1. The van der Waals surface area contributed by atoms with Crippen LogP contribution in [0.2, 0.25) is 5.02 Å². The molecule has 4 aromatic rings. The standard InChI is InChI=1S/C23H16BrClN4O/c24-16-7-5-15(6-8-16)14-27-20-4-2-1-3-19(20)23(30)29-28-21-11-12-26-22-13-17(25)9-10-18(21)22/h1-14H,(H,26,28)(H,29,30). The Labute approximate surface area is 186 Å². The van der Waals surface area contributed by atoms with Gasteiger partial charge in [0.1, 0.15) is 0 Å². The highest BCUT2D eigenvalue weighted by Crippen LogP contribution is 2.24. The summed E-state index contributed by atoms with van der Waals surface area (Å²) in [6, 6.07) is 22.1. The molecule has 3 aromatic carbocycles. The van der Waals surface area contributed by atoms with E-state index < -0.39 is 0 Å². The Hall–Kier alpha value is -3.22. The summed E-state index contributed by atoms with van der Waals surface area (Å²) in [5.74, 6) is -0.294. The number of carbonyl (C=O) groups excluding carboxylic acids is 1. The third-order valence-corrected chi connectivity index (χ3v) is 5.15. The molecule has 1 aromatic heterocycles. The Balaban J connectivity index is 1.53. The van der Waals surface area contributed by atoms with Crippen LogP contribution in [0.1, 0.15) is 15.9 Å². The minimum absolute atomic E-state index is 0.294. The number of benzene rings is 3. The smallest absolute Gasteiger partial charge is 0.271 e. The second-order valence-electron chi connectivity index (χ2n) is 6.43. The summed E-state index contributed by atoms with van der Waals surface area (Å²) in [6.07, 6.45) is 3.38. The van der Waals surface area contributed by atoms with Crippen molar-refractivity contribution in [1.82, 2.24) is 10.4 Å². The number of hydrogen-bond donors (Lipinski definition) is 2. The van der Waals surface area contributed by atoms with Gasteiger partial charge in [0.05, 0.1) is 22.5 Å². The number of rotatable bonds is 5. The van der Waals surface area contributed by atoms with Crippen molar-refractivity contribution in [3.8, 4) is 0 Å². The van der Waals surface area contributed by atoms with Gasteiger partial charge in [0.2, 0.25) is 0 Å². The van der Waals surface area contributed by atoms with Crippen molar-refractivity contribution in [2.24, 2.45) is 4.99 Å². The lowest BCUT2D eigenvalue weighted by atomic mass is 10.1. The van der Waals surface area contributed by atoms with E-state index in [1.54, 1.807) is 48.8 Å². The van der Waals surface area contributed by atoms with E-state index in [1.165, 1.54) is 0 Å². The highest BCUT2D eigenvalue weighted by atomic mass is 79.9. The number of carbonyl (C=O) groups is 1. The normalized spacial score (nSPS) is 11.0. The van der Waals surface area contributed by atoms with Crippen LogP contribution < -0.4 is 10.9 Å². The van der Waals surface area contributed by atoms with E-state index in [1.807, 2.05) is 36.4 Å². The summed E-state index contributed by atoms with van der Waals surface area (Å²) in [4.78, 5) is 21.6. The van der Waals surface area contributed by atoms with Crippen molar-refractivity contribution >= 4 is 61.9 Å². The van der Waals surface area contributed by atoms with Crippen LogP contribution >= 0.6 is 27.5 Å². The number of pyridine rings is 1. The molecular weight excluding hydrogens is 464 g/mol. The Morgan fingerprint density at radius 1 is 1.03 bits per heavy atom. The molecule has 0 aliphatic heterocycles. The molecule has 0 aliphatic rings. The van der Waals surface area contributed by atoms with Gasteiger partial charge in [-0.1, -0.05) is 51.8 Å². The first-order valence-electron chi connectivity index (χ1n) is 9.09. The molecule has 0 spiro atoms. The van der Waals surface area contributed by atoms with Gasteiger partial charge in [0.15, 0.2) is 0 Å². The van der Waals surface area contributed by atoms with Crippen LogP contribution in [-0.2, 0) is 0 Å². The molecule has 0 unspecified atom stereocenters. The fourth-order valence-corrected chi connectivity index (χ4v) is 3.32. The fraction of sp³-hybridized carbons (Fsp3) is 0. The SMILES string of the molecule is O=C(NNc1ccnc2cc(Cl)ccc12)c1ccccc1N=Cc1ccc(Br)cc1. The van der Waals surface area contributed by atoms with Gasteiger partial charge >= 0.3 is 0 Å². The zero-order chi connectivity index (χ0) is 20.9. The molecule has 0 radical (unpaired) electrons. The fourth-order valence-electron chi connectivity index (χ4n) is 2.89. The first-order chi connectivity index (χ1) is 14.6. The molecule has 148 valence electrons. The third-order valence-electron chi connectivity index (χ3n) is 4.39. The van der Waals surface area contributed by atoms with Crippen LogP contribution in [0.25, 0.3) is 10.9 Å². The summed E-state index contributed by atoms with van der Waals surface area (Å²) >= 11 is 9.44. The number of hydrazine groups is 1. The van der Waals surface area contributed by atoms with Crippen LogP contribution in [0.15, 0.2) is 88.5 Å². The van der Waals surface area contributed by atoms with Crippen LogP contribution in [0.4, 0.5) is 11.4 Å². The van der Waals surface area contributed by atoms with Gasteiger partial charge in [-0.05, 0) is 54.1 Å². The minimum Gasteiger partial charge on any atom is -0.298 e. The number of amides is 1. The van der Waals surface area contributed by atoms with Crippen molar-refractivity contribution in [1.29, 1.82) is 0 Å². The third kappa shape index (κ3) is 4.67. The van der Waals surface area contributed by atoms with Crippen molar-refractivity contribution in [2.75, 3.05) is 5.43 Å². The number of para-hydroxylation sites is 1. The van der Waals surface area contributed by atoms with Crippen molar-refractivity contribution in [2.45, 2.75) is 0 Å². The van der Waals surface area contributed by atoms with E-state index in [-0.39, 0.29) is 5.91 Å². The minimum atomic E-state index is -0.294. The predicted octanol–water partition coefficient (Wildman–Crippen LogP) is 6.16. The molecule has 1 amide bonds. The first-order valence-corrected chi connectivity index (χ1v) is 10.3. The van der Waals surface area contributed by atoms with E-state index in [0.717, 1.165) is 26.6 Å². The zero-order valence-corrected chi connectivity index (χ0v) is 18.0. The molecule has 30 heavy (non-hydrogen) atoms. The van der Waals surface area contributed by atoms with Crippen LogP contribution in [0, 0.1) is 0 Å². The zero-order valence-electron chi connectivity index (χ0n) is 15.6. The Morgan fingerprint density at radius 3 is 2.67 bits per heavy atom. The molecular formula is C23H16BrClN4O. The summed E-state index contributed by atoms with van der Waals surface area (Å²) in [5, 5.41) is 1.46. The maximum atomic E-state index is 12.8. The number of halogens is 2. The number of aromatic nitrogens is 1. The predicted molar refractivity (Wildman–Crippen MR) is 126 cm³/mol. The highest BCUT2D eigenvalue weighted by molar-refractivity contribution is 9.10. The van der Waals surface area contributed by atoms with Gasteiger partial charge in [-0.25, -0.2) is 0 Å². The van der Waals surface area contributed by atoms with E-state index in [9.17, 15) is 4.79 Å². The summed E-state index contributed by atoms with van der Waals surface area (Å²) in [5.41, 5.74) is 9.14. The Morgan fingerprint density at radius 2 is 1.83 bits per heavy atom. The molecule has 0 aliphatic carbocycles. The molecule has 2 N–H and O–H groups in total. The Bertz CT molecular complexity index is 1240. The van der Waals surface area contributed by atoms with E-state index in [2.05, 4.69) is 36.8 Å². The van der Waals surface area contributed by atoms with Gasteiger partial charge in [-0.2, -0.15) is 0 Å². The van der Waals surface area contributed by atoms with E-state index in [4.69, 9.17) is 11.6 Å². The number of nitrogens with one attached hydrogen (secondary N) is 2. The quantitative estimate of drug-likeness (QED) is 0.266. The average Bonchev–Trinajstić information content (AvgIpc) is 2.77. The average molecular weight is 480 g/mol. The van der Waals surface area contributed by atoms with Crippen LogP contribution in [0.5, 0.6) is 0 Å². The highest BCUT2D eigenvalue weighted by Gasteiger charge is 2.11. The monoisotopic (exact) mass is 478 g/mol. The number of fused-ring (bicyclic) bond motifs is 1. The number of anilines is 1. The lowest BCUT2D eigenvalue weighted by Gasteiger charge is -2.12. The second kappa shape index (κ2) is 9.07. The maximum Gasteiger partial charge on any atom is 0.271 e. The van der Waals surface area contributed by atoms with E-state index >= 15 is 0 Å². The molecule has 0 bridgehead atoms. The molecule has 0 saturated carbocycles. The van der Waals surface area contributed by atoms with Crippen molar-refractivity contribution in [3.63, 3.8) is 0 Å². The van der Waals surface area contributed by atoms with Gasteiger partial charge in [0, 0.05) is 27.3 Å². The largest absolute Gasteiger partial charge is 0.298 e. The van der Waals surface area contributed by atoms with Crippen molar-refractivity contribution < 1.29 is 4.79 Å². The summed E-state index contributed by atoms with van der Waals surface area (Å²) in [6.45, 7) is 0. The molecule has 4 rings (SSSR count). The molecule has 5 nitrogen and oxygen atoms in total. The summed E-state index contributed by atoms with van der Waals surface area (Å²) in [7, 11) is 0. The summed E-state index contributed by atoms with van der Waals surface area (Å²) < 4.78 is 0.997. The maximum absolute atomic E-state index is 12.8. The number of nitrogens with zero attached hydrogens (tertiary/aromatic N) is 2. The molecule has 0 atom stereocenters. The van der Waals surface area contributed by atoms with Gasteiger partial charge in [-0.15, -0.1) is 0 Å². The van der Waals surface area contributed by atoms with Crippen LogP contribution in [0.3, 0.4) is 0 Å². The van der Waals surface area contributed by atoms with Crippen molar-refractivity contribution in [3.05, 3.63) is 99.6 Å². The molecule has 0 fully saturated rings. The van der Waals surface area contributed by atoms with Gasteiger partial charge < -0.3 is 0 Å². The van der Waals surface area contributed by atoms with Gasteiger partial charge in [0.25, 0.3) is 5.91 Å². The number of hydrogen-bond acceptors (Lipinski definition) is 4. The second-order valence-corrected chi connectivity index (χ2v) is 7.78. The molecule has 0 saturated heterocycles. The molecule has 7 heteroatoms. The lowest BCUT2D eigenvalue weighted by Crippen LogP contribution is -2.29. The van der Waals surface area contributed by atoms with Gasteiger partial charge in [-0.3, -0.25) is 25.6 Å². The van der Waals surface area contributed by atoms with Crippen LogP contribution in [-0.4, -0.2) is 17.1 Å². The first kappa shape index (κ1) is 20.1. The molecule has 1 heterocycles. The van der Waals surface area contributed by atoms with E-state index in [0.29, 0.717) is 16.3 Å².